The molecule has 0 unspecified atom stereocenters. The predicted molar refractivity (Wildman–Crippen MR) is 74.6 cm³/mol. The first-order valence-electron chi connectivity index (χ1n) is 6.29. The lowest BCUT2D eigenvalue weighted by molar-refractivity contribution is -0.156. The van der Waals surface area contributed by atoms with Crippen LogP contribution in [0.15, 0.2) is 22.8 Å². The molecule has 0 aromatic carbocycles. The predicted octanol–water partition coefficient (Wildman–Crippen LogP) is 3.41. The molecule has 0 fully saturated rings. The van der Waals surface area contributed by atoms with E-state index in [1.165, 1.54) is 11.8 Å². The Balaban J connectivity index is 0.000000422. The van der Waals surface area contributed by atoms with Crippen molar-refractivity contribution in [2.75, 3.05) is 5.73 Å². The van der Waals surface area contributed by atoms with Crippen LogP contribution in [0.4, 0.5) is 19.0 Å². The molecule has 22 heavy (non-hydrogen) atoms. The number of halogens is 3. The van der Waals surface area contributed by atoms with Crippen LogP contribution in [0, 0.1) is 6.92 Å². The Morgan fingerprint density at radius 2 is 1.95 bits per heavy atom. The molecule has 2 heterocycles. The minimum Gasteiger partial charge on any atom is -0.412 e. The molecule has 0 radical (unpaired) electrons. The average Bonchev–Trinajstić information content (AvgIpc) is 2.88. The standard InChI is InChI=1S/C8H6F3N5O.C5H10/c1-3-13-2-4(5(12)14-3)6-15-16-7(17-6)8(9,10)11;1-4-5(2)3/h2H,1H3,(H2,12,13,14);2,4H2,1,3H3. The zero-order valence-corrected chi connectivity index (χ0v) is 12.4. The van der Waals surface area contributed by atoms with Crippen molar-refractivity contribution in [2.45, 2.75) is 33.4 Å². The maximum Gasteiger partial charge on any atom is 0.470 e. The van der Waals surface area contributed by atoms with Gasteiger partial charge >= 0.3 is 12.1 Å². The third kappa shape index (κ3) is 4.83. The fourth-order valence-electron chi connectivity index (χ4n) is 1.10. The highest BCUT2D eigenvalue weighted by atomic mass is 19.4. The minimum atomic E-state index is -4.69. The molecule has 0 saturated heterocycles. The molecule has 2 N–H and O–H groups in total. The van der Waals surface area contributed by atoms with E-state index in [1.807, 2.05) is 6.92 Å². The van der Waals surface area contributed by atoms with Crippen molar-refractivity contribution in [3.05, 3.63) is 30.1 Å². The van der Waals surface area contributed by atoms with Gasteiger partial charge in [-0.2, -0.15) is 13.2 Å². The molecule has 0 spiro atoms. The third-order valence-corrected chi connectivity index (χ3v) is 2.44. The molecule has 2 rings (SSSR count). The smallest absolute Gasteiger partial charge is 0.412 e. The first-order valence-corrected chi connectivity index (χ1v) is 6.29. The van der Waals surface area contributed by atoms with Crippen molar-refractivity contribution in [1.82, 2.24) is 20.2 Å². The van der Waals surface area contributed by atoms with Crippen LogP contribution in [-0.2, 0) is 6.18 Å². The lowest BCUT2D eigenvalue weighted by atomic mass is 10.3. The largest absolute Gasteiger partial charge is 0.470 e. The van der Waals surface area contributed by atoms with Gasteiger partial charge in [-0.15, -0.1) is 16.8 Å². The highest BCUT2D eigenvalue weighted by Gasteiger charge is 2.38. The van der Waals surface area contributed by atoms with Gasteiger partial charge in [0.15, 0.2) is 0 Å². The summed E-state index contributed by atoms with van der Waals surface area (Å²) in [6.07, 6.45) is -2.35. The Labute approximate surface area is 125 Å². The van der Waals surface area contributed by atoms with Gasteiger partial charge in [0.25, 0.3) is 5.89 Å². The summed E-state index contributed by atoms with van der Waals surface area (Å²) in [6.45, 7) is 9.39. The van der Waals surface area contributed by atoms with Gasteiger partial charge in [-0.25, -0.2) is 9.97 Å². The summed E-state index contributed by atoms with van der Waals surface area (Å²) in [5.74, 6) is -1.43. The number of allylic oxidation sites excluding steroid dienone is 1. The molecular weight excluding hydrogens is 299 g/mol. The Bertz CT molecular complexity index is 651. The third-order valence-electron chi connectivity index (χ3n) is 2.44. The van der Waals surface area contributed by atoms with E-state index in [2.05, 4.69) is 38.1 Å². The van der Waals surface area contributed by atoms with Gasteiger partial charge in [0.1, 0.15) is 11.6 Å². The molecule has 0 aliphatic carbocycles. The number of rotatable bonds is 2. The van der Waals surface area contributed by atoms with Gasteiger partial charge in [0.05, 0.1) is 5.56 Å². The second kappa shape index (κ2) is 7.01. The summed E-state index contributed by atoms with van der Waals surface area (Å²) in [5, 5.41) is 6.12. The number of hydrogen-bond acceptors (Lipinski definition) is 6. The number of nitrogen functional groups attached to an aromatic ring is 1. The van der Waals surface area contributed by atoms with Crippen molar-refractivity contribution >= 4 is 5.82 Å². The van der Waals surface area contributed by atoms with E-state index in [0.29, 0.717) is 5.82 Å². The lowest BCUT2D eigenvalue weighted by Gasteiger charge is -2.00. The quantitative estimate of drug-likeness (QED) is 0.854. The Kier molecular flexibility index (Phi) is 5.61. The molecule has 9 heteroatoms. The fraction of sp³-hybridized carbons (Fsp3) is 0.385. The molecule has 0 atom stereocenters. The van der Waals surface area contributed by atoms with Crippen LogP contribution in [-0.4, -0.2) is 20.2 Å². The second-order valence-electron chi connectivity index (χ2n) is 4.44. The molecule has 0 aliphatic rings. The van der Waals surface area contributed by atoms with E-state index in [-0.39, 0.29) is 17.3 Å². The minimum absolute atomic E-state index is 0.0186. The summed E-state index contributed by atoms with van der Waals surface area (Å²) in [5.41, 5.74) is 6.83. The molecule has 0 aliphatic heterocycles. The monoisotopic (exact) mass is 315 g/mol. The molecule has 120 valence electrons. The molecule has 0 saturated carbocycles. The van der Waals surface area contributed by atoms with E-state index in [9.17, 15) is 13.2 Å². The van der Waals surface area contributed by atoms with E-state index in [0.717, 1.165) is 6.42 Å². The van der Waals surface area contributed by atoms with Gasteiger partial charge in [-0.05, 0) is 20.3 Å². The normalized spacial score (nSPS) is 10.8. The summed E-state index contributed by atoms with van der Waals surface area (Å²) in [7, 11) is 0. The van der Waals surface area contributed by atoms with E-state index >= 15 is 0 Å². The number of nitrogens with zero attached hydrogens (tertiary/aromatic N) is 4. The number of anilines is 1. The highest BCUT2D eigenvalue weighted by Crippen LogP contribution is 2.31. The first kappa shape index (κ1) is 17.6. The summed E-state index contributed by atoms with van der Waals surface area (Å²) in [6, 6.07) is 0. The van der Waals surface area contributed by atoms with Crippen LogP contribution in [0.5, 0.6) is 0 Å². The molecule has 0 amide bonds. The molecular formula is C13H16F3N5O. The zero-order chi connectivity index (χ0) is 16.9. The van der Waals surface area contributed by atoms with Crippen LogP contribution >= 0.6 is 0 Å². The topological polar surface area (TPSA) is 90.7 Å². The Morgan fingerprint density at radius 1 is 1.36 bits per heavy atom. The molecule has 6 nitrogen and oxygen atoms in total. The first-order chi connectivity index (χ1) is 10.1. The maximum absolute atomic E-state index is 12.2. The second-order valence-corrected chi connectivity index (χ2v) is 4.44. The van der Waals surface area contributed by atoms with Crippen LogP contribution < -0.4 is 5.73 Å². The van der Waals surface area contributed by atoms with Crippen LogP contribution in [0.25, 0.3) is 11.5 Å². The average molecular weight is 315 g/mol. The maximum atomic E-state index is 12.2. The van der Waals surface area contributed by atoms with Crippen molar-refractivity contribution in [3.63, 3.8) is 0 Å². The number of aryl methyl sites for hydroxylation is 1. The number of aromatic nitrogens is 4. The van der Waals surface area contributed by atoms with Crippen molar-refractivity contribution in [3.8, 4) is 11.5 Å². The van der Waals surface area contributed by atoms with E-state index in [1.54, 1.807) is 6.92 Å². The molecule has 0 bridgehead atoms. The van der Waals surface area contributed by atoms with Crippen molar-refractivity contribution < 1.29 is 17.6 Å². The van der Waals surface area contributed by atoms with E-state index < -0.39 is 12.1 Å². The van der Waals surface area contributed by atoms with Crippen LogP contribution in [0.2, 0.25) is 0 Å². The van der Waals surface area contributed by atoms with Crippen molar-refractivity contribution in [2.24, 2.45) is 0 Å². The van der Waals surface area contributed by atoms with Gasteiger partial charge in [0, 0.05) is 6.20 Å². The Hall–Kier alpha value is -2.45. The number of nitrogens with two attached hydrogens (primary N) is 1. The molecule has 2 aromatic rings. The zero-order valence-electron chi connectivity index (χ0n) is 12.4. The lowest BCUT2D eigenvalue weighted by Crippen LogP contribution is -2.04. The van der Waals surface area contributed by atoms with Gasteiger partial charge in [-0.1, -0.05) is 12.5 Å². The van der Waals surface area contributed by atoms with Gasteiger partial charge in [0.2, 0.25) is 0 Å². The Morgan fingerprint density at radius 3 is 2.36 bits per heavy atom. The highest BCUT2D eigenvalue weighted by molar-refractivity contribution is 5.65. The number of alkyl halides is 3. The summed E-state index contributed by atoms with van der Waals surface area (Å²) < 4.78 is 41.1. The van der Waals surface area contributed by atoms with Crippen molar-refractivity contribution in [1.29, 1.82) is 0 Å². The van der Waals surface area contributed by atoms with Crippen LogP contribution in [0.3, 0.4) is 0 Å². The number of hydrogen-bond donors (Lipinski definition) is 1. The summed E-state index contributed by atoms with van der Waals surface area (Å²) in [4.78, 5) is 7.57. The molecule has 2 aromatic heterocycles. The fourth-order valence-corrected chi connectivity index (χ4v) is 1.10. The SMILES string of the molecule is C=C(C)CC.Cc1ncc(-c2nnc(C(F)(F)F)o2)c(N)n1. The van der Waals surface area contributed by atoms with Gasteiger partial charge < -0.3 is 10.2 Å². The summed E-state index contributed by atoms with van der Waals surface area (Å²) >= 11 is 0. The van der Waals surface area contributed by atoms with Crippen LogP contribution in [0.1, 0.15) is 32.0 Å². The van der Waals surface area contributed by atoms with Gasteiger partial charge in [-0.3, -0.25) is 0 Å². The van der Waals surface area contributed by atoms with E-state index in [4.69, 9.17) is 5.73 Å².